The molecule has 1 aliphatic heterocycles. The van der Waals surface area contributed by atoms with Crippen LogP contribution in [-0.4, -0.2) is 42.1 Å². The molecule has 12 heteroatoms. The van der Waals surface area contributed by atoms with Gasteiger partial charge in [0.15, 0.2) is 0 Å². The normalized spacial score (nSPS) is 14.1. The number of carbonyl (C=O) groups excluding carboxylic acids is 1. The van der Waals surface area contributed by atoms with Gasteiger partial charge >= 0.3 is 6.18 Å². The number of non-ortho nitro benzene ring substituents is 1. The second-order valence-corrected chi connectivity index (χ2v) is 7.47. The lowest BCUT2D eigenvalue weighted by atomic mass is 10.1. The van der Waals surface area contributed by atoms with Crippen molar-refractivity contribution in [2.75, 3.05) is 31.1 Å². The summed E-state index contributed by atoms with van der Waals surface area (Å²) in [5.41, 5.74) is -1.46. The molecule has 0 atom stereocenters. The van der Waals surface area contributed by atoms with Gasteiger partial charge in [0, 0.05) is 38.0 Å². The second kappa shape index (κ2) is 10.5. The molecule has 0 aliphatic carbocycles. The Labute approximate surface area is 186 Å². The third-order valence-corrected chi connectivity index (χ3v) is 5.11. The standard InChI is InChI=1S/C21H22F4N4O4/c22-17-6-5-15(29(31)32)12-16(17)19(30)26-7-4-10-33-20-18(28-8-2-1-3-9-28)11-14(13-27-20)21(23,24)25/h5-6,11-13H,1-4,7-10H2,(H,26,30). The largest absolute Gasteiger partial charge is 0.476 e. The first-order valence-electron chi connectivity index (χ1n) is 10.3. The molecule has 0 bridgehead atoms. The first kappa shape index (κ1) is 24.2. The number of benzene rings is 1. The van der Waals surface area contributed by atoms with Crippen molar-refractivity contribution in [1.29, 1.82) is 0 Å². The molecule has 1 aliphatic rings. The predicted octanol–water partition coefficient (Wildman–Crippen LogP) is 4.34. The highest BCUT2D eigenvalue weighted by Crippen LogP contribution is 2.36. The highest BCUT2D eigenvalue weighted by atomic mass is 19.4. The maximum Gasteiger partial charge on any atom is 0.417 e. The molecular weight excluding hydrogens is 448 g/mol. The van der Waals surface area contributed by atoms with Crippen LogP contribution in [0.15, 0.2) is 30.5 Å². The minimum atomic E-state index is -4.53. The Balaban J connectivity index is 1.58. The predicted molar refractivity (Wildman–Crippen MR) is 111 cm³/mol. The van der Waals surface area contributed by atoms with E-state index in [0.29, 0.717) is 13.1 Å². The molecule has 1 N–H and O–H groups in total. The number of hydrogen-bond donors (Lipinski definition) is 1. The van der Waals surface area contributed by atoms with Crippen LogP contribution in [0.5, 0.6) is 5.88 Å². The van der Waals surface area contributed by atoms with Gasteiger partial charge in [-0.3, -0.25) is 14.9 Å². The van der Waals surface area contributed by atoms with Crippen molar-refractivity contribution < 1.29 is 32.0 Å². The average Bonchev–Trinajstić information content (AvgIpc) is 2.78. The Morgan fingerprint density at radius 1 is 1.21 bits per heavy atom. The van der Waals surface area contributed by atoms with Crippen molar-refractivity contribution in [1.82, 2.24) is 10.3 Å². The number of halogens is 4. The highest BCUT2D eigenvalue weighted by molar-refractivity contribution is 5.95. The molecule has 1 amide bonds. The summed E-state index contributed by atoms with van der Waals surface area (Å²) in [4.78, 5) is 27.9. The van der Waals surface area contributed by atoms with Crippen LogP contribution in [-0.2, 0) is 6.18 Å². The number of hydrogen-bond acceptors (Lipinski definition) is 6. The summed E-state index contributed by atoms with van der Waals surface area (Å²) in [6.07, 6.45) is -0.835. The summed E-state index contributed by atoms with van der Waals surface area (Å²) >= 11 is 0. The number of rotatable bonds is 8. The van der Waals surface area contributed by atoms with Gasteiger partial charge in [-0.25, -0.2) is 9.37 Å². The van der Waals surface area contributed by atoms with Crippen LogP contribution in [0, 0.1) is 15.9 Å². The molecule has 1 fully saturated rings. The van der Waals surface area contributed by atoms with Gasteiger partial charge in [0.25, 0.3) is 11.6 Å². The van der Waals surface area contributed by atoms with Gasteiger partial charge in [-0.05, 0) is 37.8 Å². The molecule has 1 aromatic heterocycles. The molecule has 0 unspecified atom stereocenters. The quantitative estimate of drug-likeness (QED) is 0.267. The zero-order valence-electron chi connectivity index (χ0n) is 17.5. The number of nitro benzene ring substituents is 1. The number of aromatic nitrogens is 1. The fourth-order valence-electron chi connectivity index (χ4n) is 3.41. The maximum absolute atomic E-state index is 13.8. The first-order valence-corrected chi connectivity index (χ1v) is 10.3. The van der Waals surface area contributed by atoms with E-state index in [1.807, 2.05) is 4.90 Å². The molecule has 3 rings (SSSR count). The lowest BCUT2D eigenvalue weighted by molar-refractivity contribution is -0.384. The molecule has 178 valence electrons. The zero-order chi connectivity index (χ0) is 24.0. The number of nitro groups is 1. The van der Waals surface area contributed by atoms with Crippen LogP contribution in [0.2, 0.25) is 0 Å². The lowest BCUT2D eigenvalue weighted by Gasteiger charge is -2.30. The number of nitrogens with one attached hydrogen (secondary N) is 1. The molecule has 33 heavy (non-hydrogen) atoms. The minimum absolute atomic E-state index is 0.0386. The Bertz CT molecular complexity index is 1010. The van der Waals surface area contributed by atoms with Gasteiger partial charge < -0.3 is 15.0 Å². The molecule has 1 aromatic carbocycles. The Hall–Kier alpha value is -3.44. The molecule has 0 spiro atoms. The highest BCUT2D eigenvalue weighted by Gasteiger charge is 2.33. The van der Waals surface area contributed by atoms with Crippen LogP contribution in [0.4, 0.5) is 28.9 Å². The van der Waals surface area contributed by atoms with Gasteiger partial charge in [-0.2, -0.15) is 13.2 Å². The number of pyridine rings is 1. The van der Waals surface area contributed by atoms with Crippen molar-refractivity contribution in [3.8, 4) is 5.88 Å². The molecule has 1 saturated heterocycles. The number of ether oxygens (including phenoxy) is 1. The number of anilines is 1. The van der Waals surface area contributed by atoms with Gasteiger partial charge in [0.2, 0.25) is 5.88 Å². The van der Waals surface area contributed by atoms with E-state index < -0.39 is 39.6 Å². The summed E-state index contributed by atoms with van der Waals surface area (Å²) in [7, 11) is 0. The molecular formula is C21H22F4N4O4. The summed E-state index contributed by atoms with van der Waals surface area (Å²) < 4.78 is 58.8. The van der Waals surface area contributed by atoms with E-state index in [0.717, 1.165) is 49.7 Å². The van der Waals surface area contributed by atoms with E-state index in [2.05, 4.69) is 10.3 Å². The summed E-state index contributed by atoms with van der Waals surface area (Å²) in [5, 5.41) is 13.2. The second-order valence-electron chi connectivity index (χ2n) is 7.47. The molecule has 0 saturated carbocycles. The van der Waals surface area contributed by atoms with E-state index in [4.69, 9.17) is 4.74 Å². The molecule has 8 nitrogen and oxygen atoms in total. The van der Waals surface area contributed by atoms with Crippen LogP contribution >= 0.6 is 0 Å². The lowest BCUT2D eigenvalue weighted by Crippen LogP contribution is -2.30. The van der Waals surface area contributed by atoms with Gasteiger partial charge in [-0.1, -0.05) is 0 Å². The average molecular weight is 470 g/mol. The number of carbonyl (C=O) groups is 1. The molecule has 2 aromatic rings. The Morgan fingerprint density at radius 2 is 1.94 bits per heavy atom. The monoisotopic (exact) mass is 470 g/mol. The van der Waals surface area contributed by atoms with Crippen molar-refractivity contribution in [3.63, 3.8) is 0 Å². The third kappa shape index (κ3) is 6.30. The van der Waals surface area contributed by atoms with E-state index in [1.54, 1.807) is 0 Å². The van der Waals surface area contributed by atoms with E-state index in [9.17, 15) is 32.5 Å². The van der Waals surface area contributed by atoms with E-state index in [-0.39, 0.29) is 31.1 Å². The van der Waals surface area contributed by atoms with E-state index in [1.165, 1.54) is 0 Å². The number of alkyl halides is 3. The SMILES string of the molecule is O=C(NCCCOc1ncc(C(F)(F)F)cc1N1CCCCC1)c1cc([N+](=O)[O-])ccc1F. The van der Waals surface area contributed by atoms with Gasteiger partial charge in [0.1, 0.15) is 11.5 Å². The van der Waals surface area contributed by atoms with Crippen molar-refractivity contribution in [2.45, 2.75) is 31.9 Å². The van der Waals surface area contributed by atoms with Crippen molar-refractivity contribution in [2.24, 2.45) is 0 Å². The Kier molecular flexibility index (Phi) is 7.67. The van der Waals surface area contributed by atoms with Crippen molar-refractivity contribution in [3.05, 3.63) is 57.5 Å². The number of piperidine rings is 1. The first-order chi connectivity index (χ1) is 15.7. The van der Waals surface area contributed by atoms with Crippen LogP contribution in [0.1, 0.15) is 41.6 Å². The van der Waals surface area contributed by atoms with Gasteiger partial charge in [-0.15, -0.1) is 0 Å². The summed E-state index contributed by atoms with van der Waals surface area (Å²) in [6.45, 7) is 1.30. The third-order valence-electron chi connectivity index (χ3n) is 5.11. The minimum Gasteiger partial charge on any atom is -0.476 e. The van der Waals surface area contributed by atoms with Crippen molar-refractivity contribution >= 4 is 17.3 Å². The van der Waals surface area contributed by atoms with Crippen LogP contribution in [0.25, 0.3) is 0 Å². The zero-order valence-corrected chi connectivity index (χ0v) is 17.5. The smallest absolute Gasteiger partial charge is 0.417 e. The summed E-state index contributed by atoms with van der Waals surface area (Å²) in [6, 6.07) is 3.67. The van der Waals surface area contributed by atoms with Gasteiger partial charge in [0.05, 0.1) is 22.7 Å². The molecule has 2 heterocycles. The van der Waals surface area contributed by atoms with E-state index >= 15 is 0 Å². The topological polar surface area (TPSA) is 97.6 Å². The summed E-state index contributed by atoms with van der Waals surface area (Å²) in [5.74, 6) is -1.65. The van der Waals surface area contributed by atoms with Crippen LogP contribution in [0.3, 0.4) is 0 Å². The fourth-order valence-corrected chi connectivity index (χ4v) is 3.41. The Morgan fingerprint density at radius 3 is 2.61 bits per heavy atom. The van der Waals surface area contributed by atoms with Crippen LogP contribution < -0.4 is 15.0 Å². The fraction of sp³-hybridized carbons (Fsp3) is 0.429. The number of nitrogens with zero attached hydrogens (tertiary/aromatic N) is 3. The number of amides is 1. The maximum atomic E-state index is 13.8. The molecule has 0 radical (unpaired) electrons.